The number of hydrogen-bond acceptors (Lipinski definition) is 7. The lowest BCUT2D eigenvalue weighted by atomic mass is 9.96. The van der Waals surface area contributed by atoms with Crippen LogP contribution in [0.3, 0.4) is 0 Å². The van der Waals surface area contributed by atoms with E-state index >= 15 is 0 Å². The summed E-state index contributed by atoms with van der Waals surface area (Å²) in [6.07, 6.45) is 0. The Labute approximate surface area is 166 Å². The maximum Gasteiger partial charge on any atom is 0.195 e. The summed E-state index contributed by atoms with van der Waals surface area (Å²) < 4.78 is 5.10. The van der Waals surface area contributed by atoms with Gasteiger partial charge in [0.15, 0.2) is 5.78 Å². The van der Waals surface area contributed by atoms with Gasteiger partial charge in [0, 0.05) is 10.5 Å². The Morgan fingerprint density at radius 2 is 1.68 bits per heavy atom. The number of anilines is 1. The van der Waals surface area contributed by atoms with Gasteiger partial charge in [0.1, 0.15) is 34.3 Å². The molecule has 2 N–H and O–H groups in total. The molecule has 0 saturated carbocycles. The Balaban J connectivity index is 2.16. The summed E-state index contributed by atoms with van der Waals surface area (Å²) in [5, 5.41) is 19.5. The Morgan fingerprint density at radius 3 is 2.25 bits per heavy atom. The second-order valence-electron chi connectivity index (χ2n) is 5.62. The standard InChI is InChI=1S/C21H14N4O2S/c1-27-14-9-7-13(8-10-14)19(26)18-16(11-22)20(24)25-21(17(18)12-23)28-15-5-3-2-4-6-15/h2-10H,1H3,(H2,24,25). The monoisotopic (exact) mass is 386 g/mol. The maximum atomic E-state index is 13.1. The molecule has 0 amide bonds. The van der Waals surface area contributed by atoms with Crippen molar-refractivity contribution in [2.75, 3.05) is 12.8 Å². The number of nitrogens with zero attached hydrogens (tertiary/aromatic N) is 3. The summed E-state index contributed by atoms with van der Waals surface area (Å²) in [6.45, 7) is 0. The van der Waals surface area contributed by atoms with Crippen molar-refractivity contribution in [1.29, 1.82) is 10.5 Å². The topological polar surface area (TPSA) is 113 Å². The van der Waals surface area contributed by atoms with E-state index in [9.17, 15) is 15.3 Å². The van der Waals surface area contributed by atoms with Crippen LogP contribution in [-0.2, 0) is 0 Å². The van der Waals surface area contributed by atoms with Crippen molar-refractivity contribution in [2.24, 2.45) is 0 Å². The first kappa shape index (κ1) is 19.0. The molecular formula is C21H14N4O2S. The van der Waals surface area contributed by atoms with Crippen molar-refractivity contribution in [3.05, 3.63) is 76.9 Å². The highest BCUT2D eigenvalue weighted by molar-refractivity contribution is 7.99. The van der Waals surface area contributed by atoms with Crippen LogP contribution in [0, 0.1) is 22.7 Å². The molecule has 0 unspecified atom stereocenters. The quantitative estimate of drug-likeness (QED) is 0.664. The molecule has 1 aromatic heterocycles. The molecule has 0 atom stereocenters. The first-order valence-corrected chi connectivity index (χ1v) is 8.96. The van der Waals surface area contributed by atoms with E-state index in [2.05, 4.69) is 4.98 Å². The second-order valence-corrected chi connectivity index (χ2v) is 6.69. The van der Waals surface area contributed by atoms with Gasteiger partial charge in [-0.25, -0.2) is 4.98 Å². The number of ether oxygens (including phenoxy) is 1. The zero-order chi connectivity index (χ0) is 20.1. The molecule has 0 bridgehead atoms. The summed E-state index contributed by atoms with van der Waals surface area (Å²) in [4.78, 5) is 18.2. The number of carbonyl (C=O) groups is 1. The van der Waals surface area contributed by atoms with Crippen molar-refractivity contribution in [2.45, 2.75) is 9.92 Å². The van der Waals surface area contributed by atoms with Gasteiger partial charge in [-0.3, -0.25) is 4.79 Å². The highest BCUT2D eigenvalue weighted by Crippen LogP contribution is 2.34. The number of methoxy groups -OCH3 is 1. The minimum Gasteiger partial charge on any atom is -0.497 e. The van der Waals surface area contributed by atoms with E-state index in [1.54, 1.807) is 24.3 Å². The van der Waals surface area contributed by atoms with Crippen molar-refractivity contribution < 1.29 is 9.53 Å². The molecule has 6 nitrogen and oxygen atoms in total. The van der Waals surface area contributed by atoms with Gasteiger partial charge in [0.25, 0.3) is 0 Å². The maximum absolute atomic E-state index is 13.1. The first-order chi connectivity index (χ1) is 13.6. The van der Waals surface area contributed by atoms with Gasteiger partial charge in [-0.2, -0.15) is 10.5 Å². The number of nitriles is 2. The minimum absolute atomic E-state index is 0.0282. The number of nitrogens with two attached hydrogens (primary N) is 1. The molecule has 1 heterocycles. The second kappa shape index (κ2) is 8.26. The molecule has 3 rings (SSSR count). The SMILES string of the molecule is COc1ccc(C(=O)c2c(C#N)c(N)nc(Sc3ccccc3)c2C#N)cc1. The zero-order valence-electron chi connectivity index (χ0n) is 14.8. The highest BCUT2D eigenvalue weighted by atomic mass is 32.2. The van der Waals surface area contributed by atoms with Crippen molar-refractivity contribution in [3.63, 3.8) is 0 Å². The van der Waals surface area contributed by atoms with Gasteiger partial charge in [-0.1, -0.05) is 30.0 Å². The van der Waals surface area contributed by atoms with E-state index < -0.39 is 5.78 Å². The molecule has 0 spiro atoms. The van der Waals surface area contributed by atoms with Gasteiger partial charge in [-0.15, -0.1) is 0 Å². The van der Waals surface area contributed by atoms with E-state index in [-0.39, 0.29) is 27.5 Å². The van der Waals surface area contributed by atoms with E-state index in [0.717, 1.165) is 4.90 Å². The summed E-state index contributed by atoms with van der Waals surface area (Å²) in [7, 11) is 1.52. The van der Waals surface area contributed by atoms with Gasteiger partial charge in [0.05, 0.1) is 18.2 Å². The fourth-order valence-electron chi connectivity index (χ4n) is 2.59. The van der Waals surface area contributed by atoms with Crippen LogP contribution >= 0.6 is 11.8 Å². The predicted octanol–water partition coefficient (Wildman–Crippen LogP) is 3.80. The summed E-state index contributed by atoms with van der Waals surface area (Å²) in [5.41, 5.74) is 6.14. The van der Waals surface area contributed by atoms with Crippen LogP contribution in [0.2, 0.25) is 0 Å². The number of benzene rings is 2. The lowest BCUT2D eigenvalue weighted by Crippen LogP contribution is -2.12. The van der Waals surface area contributed by atoms with Crippen LogP contribution in [0.4, 0.5) is 5.82 Å². The smallest absolute Gasteiger partial charge is 0.195 e. The average molecular weight is 386 g/mol. The molecule has 136 valence electrons. The summed E-state index contributed by atoms with van der Waals surface area (Å²) in [5.74, 6) is 0.0312. The van der Waals surface area contributed by atoms with Crippen LogP contribution in [0.25, 0.3) is 0 Å². The predicted molar refractivity (Wildman–Crippen MR) is 105 cm³/mol. The molecule has 0 aliphatic carbocycles. The largest absolute Gasteiger partial charge is 0.497 e. The van der Waals surface area contributed by atoms with E-state index in [1.165, 1.54) is 18.9 Å². The lowest BCUT2D eigenvalue weighted by Gasteiger charge is -2.12. The van der Waals surface area contributed by atoms with Crippen molar-refractivity contribution >= 4 is 23.4 Å². The fourth-order valence-corrected chi connectivity index (χ4v) is 3.50. The number of ketones is 1. The Hall–Kier alpha value is -3.81. The van der Waals surface area contributed by atoms with Crippen LogP contribution in [0.1, 0.15) is 27.0 Å². The lowest BCUT2D eigenvalue weighted by molar-refractivity contribution is 0.103. The zero-order valence-corrected chi connectivity index (χ0v) is 15.7. The molecule has 3 aromatic rings. The average Bonchev–Trinajstić information content (AvgIpc) is 2.73. The molecule has 0 fully saturated rings. The number of hydrogen-bond donors (Lipinski definition) is 1. The highest BCUT2D eigenvalue weighted by Gasteiger charge is 2.25. The van der Waals surface area contributed by atoms with Gasteiger partial charge in [-0.05, 0) is 36.4 Å². The van der Waals surface area contributed by atoms with E-state index in [4.69, 9.17) is 10.5 Å². The van der Waals surface area contributed by atoms with E-state index in [1.807, 2.05) is 42.5 Å². The van der Waals surface area contributed by atoms with Crippen molar-refractivity contribution in [1.82, 2.24) is 4.98 Å². The third kappa shape index (κ3) is 3.66. The molecule has 28 heavy (non-hydrogen) atoms. The molecule has 7 heteroatoms. The number of carbonyl (C=O) groups excluding carboxylic acids is 1. The molecule has 0 radical (unpaired) electrons. The van der Waals surface area contributed by atoms with Crippen LogP contribution < -0.4 is 10.5 Å². The molecule has 0 aliphatic heterocycles. The van der Waals surface area contributed by atoms with Gasteiger partial charge < -0.3 is 10.5 Å². The van der Waals surface area contributed by atoms with E-state index in [0.29, 0.717) is 11.3 Å². The Morgan fingerprint density at radius 1 is 1.04 bits per heavy atom. The first-order valence-electron chi connectivity index (χ1n) is 8.14. The number of nitrogen functional groups attached to an aromatic ring is 1. The third-order valence-electron chi connectivity index (χ3n) is 3.95. The van der Waals surface area contributed by atoms with Gasteiger partial charge >= 0.3 is 0 Å². The molecule has 2 aromatic carbocycles. The Bertz CT molecular complexity index is 1110. The van der Waals surface area contributed by atoms with Crippen LogP contribution in [-0.4, -0.2) is 17.9 Å². The third-order valence-corrected chi connectivity index (χ3v) is 4.95. The van der Waals surface area contributed by atoms with Crippen LogP contribution in [0.5, 0.6) is 5.75 Å². The summed E-state index contributed by atoms with van der Waals surface area (Å²) >= 11 is 1.21. The fraction of sp³-hybridized carbons (Fsp3) is 0.0476. The molecular weight excluding hydrogens is 372 g/mol. The van der Waals surface area contributed by atoms with Gasteiger partial charge in [0.2, 0.25) is 0 Å². The number of aromatic nitrogens is 1. The molecule has 0 aliphatic rings. The van der Waals surface area contributed by atoms with Crippen molar-refractivity contribution in [3.8, 4) is 17.9 Å². The number of pyridine rings is 1. The number of rotatable bonds is 5. The Kier molecular flexibility index (Phi) is 5.59. The molecule has 0 saturated heterocycles. The normalized spacial score (nSPS) is 9.96. The van der Waals surface area contributed by atoms with Crippen LogP contribution in [0.15, 0.2) is 64.5 Å². The summed E-state index contributed by atoms with van der Waals surface area (Å²) in [6, 6.07) is 19.6. The minimum atomic E-state index is -0.472.